The summed E-state index contributed by atoms with van der Waals surface area (Å²) in [7, 11) is 1.78. The number of carbonyl (C=O) groups is 2. The molecule has 116 valence electrons. The summed E-state index contributed by atoms with van der Waals surface area (Å²) in [6.45, 7) is 5.85. The molecule has 21 heavy (non-hydrogen) atoms. The van der Waals surface area contributed by atoms with E-state index in [1.807, 2.05) is 0 Å². The summed E-state index contributed by atoms with van der Waals surface area (Å²) < 4.78 is 6.94. The summed E-state index contributed by atoms with van der Waals surface area (Å²) in [5.74, 6) is -1.81. The first-order valence-corrected chi connectivity index (χ1v) is 6.86. The minimum Gasteiger partial charge on any atom is -0.481 e. The van der Waals surface area contributed by atoms with Gasteiger partial charge in [0.25, 0.3) is 0 Å². The van der Waals surface area contributed by atoms with Gasteiger partial charge in [-0.15, -0.1) is 0 Å². The quantitative estimate of drug-likeness (QED) is 0.892. The lowest BCUT2D eigenvalue weighted by Gasteiger charge is -2.24. The van der Waals surface area contributed by atoms with E-state index in [9.17, 15) is 14.7 Å². The predicted octanol–water partition coefficient (Wildman–Crippen LogP) is 1.46. The van der Waals surface area contributed by atoms with Crippen molar-refractivity contribution in [1.82, 2.24) is 14.7 Å². The molecule has 0 aliphatic carbocycles. The molecule has 2 rings (SSSR count). The van der Waals surface area contributed by atoms with E-state index >= 15 is 0 Å². The minimum atomic E-state index is -0.907. The van der Waals surface area contributed by atoms with Gasteiger partial charge in [-0.05, 0) is 26.3 Å². The Morgan fingerprint density at radius 3 is 2.52 bits per heavy atom. The van der Waals surface area contributed by atoms with Crippen molar-refractivity contribution >= 4 is 12.1 Å². The number of amides is 1. The van der Waals surface area contributed by atoms with Gasteiger partial charge in [0.15, 0.2) is 0 Å². The molecular formula is C14H21N3O4. The summed E-state index contributed by atoms with van der Waals surface area (Å²) >= 11 is 0. The SMILES string of the molecule is Cn1cc([C@@H]2CN(C(=O)OC(C)(C)C)C[C@H]2C(=O)O)cn1. The van der Waals surface area contributed by atoms with E-state index in [1.54, 1.807) is 44.9 Å². The van der Waals surface area contributed by atoms with E-state index in [4.69, 9.17) is 4.74 Å². The monoisotopic (exact) mass is 295 g/mol. The van der Waals surface area contributed by atoms with Crippen LogP contribution in [0.25, 0.3) is 0 Å². The molecule has 0 radical (unpaired) electrons. The highest BCUT2D eigenvalue weighted by atomic mass is 16.6. The van der Waals surface area contributed by atoms with Crippen LogP contribution < -0.4 is 0 Å². The number of nitrogens with zero attached hydrogens (tertiary/aromatic N) is 3. The molecule has 1 aliphatic rings. The Labute approximate surface area is 123 Å². The maximum atomic E-state index is 12.1. The van der Waals surface area contributed by atoms with Gasteiger partial charge in [0.1, 0.15) is 5.60 Å². The zero-order valence-electron chi connectivity index (χ0n) is 12.7. The molecule has 2 heterocycles. The van der Waals surface area contributed by atoms with Crippen LogP contribution in [-0.2, 0) is 16.6 Å². The number of carbonyl (C=O) groups excluding carboxylic acids is 1. The highest BCUT2D eigenvalue weighted by Gasteiger charge is 2.42. The number of carboxylic acid groups (broad SMARTS) is 1. The third kappa shape index (κ3) is 3.53. The molecule has 1 saturated heterocycles. The molecule has 7 nitrogen and oxygen atoms in total. The second kappa shape index (κ2) is 5.38. The fourth-order valence-electron chi connectivity index (χ4n) is 2.50. The third-order valence-electron chi connectivity index (χ3n) is 3.44. The van der Waals surface area contributed by atoms with Gasteiger partial charge in [-0.25, -0.2) is 4.79 Å². The zero-order valence-corrected chi connectivity index (χ0v) is 12.7. The first-order chi connectivity index (χ1) is 9.67. The van der Waals surface area contributed by atoms with E-state index in [0.717, 1.165) is 5.56 Å². The Morgan fingerprint density at radius 2 is 2.05 bits per heavy atom. The van der Waals surface area contributed by atoms with Crippen LogP contribution in [0.4, 0.5) is 4.79 Å². The largest absolute Gasteiger partial charge is 0.481 e. The molecule has 0 bridgehead atoms. The fourth-order valence-corrected chi connectivity index (χ4v) is 2.50. The lowest BCUT2D eigenvalue weighted by Crippen LogP contribution is -2.35. The smallest absolute Gasteiger partial charge is 0.410 e. The second-order valence-corrected chi connectivity index (χ2v) is 6.38. The average Bonchev–Trinajstić information content (AvgIpc) is 2.91. The van der Waals surface area contributed by atoms with Gasteiger partial charge in [0.05, 0.1) is 12.1 Å². The van der Waals surface area contributed by atoms with Crippen LogP contribution in [0.2, 0.25) is 0 Å². The molecule has 0 spiro atoms. The molecule has 1 aromatic rings. The number of likely N-dealkylation sites (tertiary alicyclic amines) is 1. The average molecular weight is 295 g/mol. The summed E-state index contributed by atoms with van der Waals surface area (Å²) in [4.78, 5) is 25.0. The Hall–Kier alpha value is -2.05. The second-order valence-electron chi connectivity index (χ2n) is 6.38. The number of ether oxygens (including phenoxy) is 1. The normalized spacial score (nSPS) is 22.4. The minimum absolute atomic E-state index is 0.157. The zero-order chi connectivity index (χ0) is 15.8. The molecule has 1 aromatic heterocycles. The van der Waals surface area contributed by atoms with E-state index < -0.39 is 23.6 Å². The number of aryl methyl sites for hydroxylation is 1. The van der Waals surface area contributed by atoms with Crippen molar-refractivity contribution in [2.24, 2.45) is 13.0 Å². The Bertz CT molecular complexity index is 547. The van der Waals surface area contributed by atoms with Crippen LogP contribution in [0, 0.1) is 5.92 Å². The molecule has 1 amide bonds. The standard InChI is InChI=1S/C14H21N3O4/c1-14(2,3)21-13(20)17-7-10(11(8-17)12(18)19)9-5-15-16(4)6-9/h5-6,10-11H,7-8H2,1-4H3,(H,18,19)/t10-,11+/m0/s1. The molecule has 0 saturated carbocycles. The van der Waals surface area contributed by atoms with Crippen molar-refractivity contribution in [2.45, 2.75) is 32.3 Å². The molecular weight excluding hydrogens is 274 g/mol. The molecule has 1 fully saturated rings. The Kier molecular flexibility index (Phi) is 3.93. The van der Waals surface area contributed by atoms with E-state index in [-0.39, 0.29) is 12.5 Å². The maximum absolute atomic E-state index is 12.1. The number of hydrogen-bond donors (Lipinski definition) is 1. The highest BCUT2D eigenvalue weighted by molar-refractivity contribution is 5.75. The van der Waals surface area contributed by atoms with Crippen molar-refractivity contribution in [3.8, 4) is 0 Å². The molecule has 0 aromatic carbocycles. The van der Waals surface area contributed by atoms with Crippen LogP contribution in [0.3, 0.4) is 0 Å². The van der Waals surface area contributed by atoms with Crippen LogP contribution in [0.15, 0.2) is 12.4 Å². The maximum Gasteiger partial charge on any atom is 0.410 e. The Balaban J connectivity index is 2.15. The molecule has 0 unspecified atom stereocenters. The molecule has 1 aliphatic heterocycles. The van der Waals surface area contributed by atoms with Crippen LogP contribution >= 0.6 is 0 Å². The lowest BCUT2D eigenvalue weighted by atomic mass is 9.91. The van der Waals surface area contributed by atoms with Crippen LogP contribution in [-0.4, -0.2) is 50.5 Å². The molecule has 2 atom stereocenters. The van der Waals surface area contributed by atoms with Crippen molar-refractivity contribution in [3.05, 3.63) is 18.0 Å². The number of aliphatic carboxylic acids is 1. The number of carboxylic acids is 1. The molecule has 7 heteroatoms. The highest BCUT2D eigenvalue weighted by Crippen LogP contribution is 2.33. The first-order valence-electron chi connectivity index (χ1n) is 6.86. The van der Waals surface area contributed by atoms with E-state index in [0.29, 0.717) is 6.54 Å². The fraction of sp³-hybridized carbons (Fsp3) is 0.643. The van der Waals surface area contributed by atoms with Gasteiger partial charge in [0, 0.05) is 32.3 Å². The van der Waals surface area contributed by atoms with Gasteiger partial charge >= 0.3 is 12.1 Å². The number of hydrogen-bond acceptors (Lipinski definition) is 4. The van der Waals surface area contributed by atoms with Gasteiger partial charge in [-0.2, -0.15) is 5.10 Å². The summed E-state index contributed by atoms with van der Waals surface area (Å²) in [6, 6.07) is 0. The van der Waals surface area contributed by atoms with Gasteiger partial charge < -0.3 is 14.7 Å². The van der Waals surface area contributed by atoms with E-state index in [1.165, 1.54) is 4.90 Å². The van der Waals surface area contributed by atoms with Gasteiger partial charge in [0.2, 0.25) is 0 Å². The van der Waals surface area contributed by atoms with E-state index in [2.05, 4.69) is 5.10 Å². The van der Waals surface area contributed by atoms with Gasteiger partial charge in [-0.1, -0.05) is 0 Å². The van der Waals surface area contributed by atoms with Crippen LogP contribution in [0.1, 0.15) is 32.3 Å². The van der Waals surface area contributed by atoms with Gasteiger partial charge in [-0.3, -0.25) is 9.48 Å². The number of rotatable bonds is 2. The predicted molar refractivity (Wildman–Crippen MR) is 74.9 cm³/mol. The Morgan fingerprint density at radius 1 is 1.38 bits per heavy atom. The first kappa shape index (κ1) is 15.3. The summed E-state index contributed by atoms with van der Waals surface area (Å²) in [6.07, 6.45) is 2.97. The van der Waals surface area contributed by atoms with Crippen molar-refractivity contribution < 1.29 is 19.4 Å². The lowest BCUT2D eigenvalue weighted by molar-refractivity contribution is -0.141. The third-order valence-corrected chi connectivity index (χ3v) is 3.44. The van der Waals surface area contributed by atoms with Crippen LogP contribution in [0.5, 0.6) is 0 Å². The summed E-state index contributed by atoms with van der Waals surface area (Å²) in [5, 5.41) is 13.5. The topological polar surface area (TPSA) is 84.7 Å². The number of aromatic nitrogens is 2. The van der Waals surface area contributed by atoms with Crippen molar-refractivity contribution in [3.63, 3.8) is 0 Å². The van der Waals surface area contributed by atoms with Crippen molar-refractivity contribution in [1.29, 1.82) is 0 Å². The van der Waals surface area contributed by atoms with Crippen molar-refractivity contribution in [2.75, 3.05) is 13.1 Å². The molecule has 1 N–H and O–H groups in total. The summed E-state index contributed by atoms with van der Waals surface area (Å²) in [5.41, 5.74) is 0.235.